The maximum Gasteiger partial charge on any atom is 0.272 e. The van der Waals surface area contributed by atoms with Gasteiger partial charge in [0.05, 0.1) is 11.8 Å². The molecule has 16 heavy (non-hydrogen) atoms. The van der Waals surface area contributed by atoms with Crippen LogP contribution in [0.2, 0.25) is 0 Å². The van der Waals surface area contributed by atoms with Gasteiger partial charge in [-0.15, -0.1) is 0 Å². The maximum atomic E-state index is 12.1. The molecule has 88 valence electrons. The van der Waals surface area contributed by atoms with E-state index in [1.807, 2.05) is 6.92 Å². The average molecular weight is 223 g/mol. The van der Waals surface area contributed by atoms with Gasteiger partial charge in [-0.2, -0.15) is 5.10 Å². The number of aromatic nitrogens is 2. The van der Waals surface area contributed by atoms with Crippen LogP contribution in [0.15, 0.2) is 6.07 Å². The standard InChI is InChI=1S/C11H17N3O2/c1-8-6-10(13(2)12-8)11(16)14-5-3-4-9(15)7-14/h6,9,15H,3-5,7H2,1-2H3/t9-/m0/s1. The summed E-state index contributed by atoms with van der Waals surface area (Å²) < 4.78 is 1.60. The lowest BCUT2D eigenvalue weighted by Crippen LogP contribution is -2.42. The van der Waals surface area contributed by atoms with Crippen LogP contribution in [0, 0.1) is 6.92 Å². The van der Waals surface area contributed by atoms with Gasteiger partial charge in [0.25, 0.3) is 5.91 Å². The Hall–Kier alpha value is -1.36. The minimum absolute atomic E-state index is 0.0400. The first-order valence-electron chi connectivity index (χ1n) is 5.56. The summed E-state index contributed by atoms with van der Waals surface area (Å²) >= 11 is 0. The number of carbonyl (C=O) groups is 1. The molecular weight excluding hydrogens is 206 g/mol. The third-order valence-corrected chi connectivity index (χ3v) is 2.90. The van der Waals surface area contributed by atoms with Gasteiger partial charge in [-0.05, 0) is 25.8 Å². The molecule has 1 N–H and O–H groups in total. The summed E-state index contributed by atoms with van der Waals surface area (Å²) in [5.41, 5.74) is 1.43. The number of carbonyl (C=O) groups excluding carboxylic acids is 1. The molecule has 2 heterocycles. The first-order chi connectivity index (χ1) is 7.58. The van der Waals surface area contributed by atoms with Crippen LogP contribution in [0.25, 0.3) is 0 Å². The number of β-amino-alcohol motifs (C(OH)–C–C–N with tert-alkyl or cyclic N) is 1. The molecule has 0 bridgehead atoms. The van der Waals surface area contributed by atoms with E-state index >= 15 is 0 Å². The van der Waals surface area contributed by atoms with Crippen molar-refractivity contribution in [2.24, 2.45) is 7.05 Å². The average Bonchev–Trinajstić information content (AvgIpc) is 2.57. The van der Waals surface area contributed by atoms with Gasteiger partial charge in [-0.25, -0.2) is 0 Å². The van der Waals surface area contributed by atoms with Crippen LogP contribution in [0.4, 0.5) is 0 Å². The Labute approximate surface area is 94.7 Å². The van der Waals surface area contributed by atoms with Crippen molar-refractivity contribution >= 4 is 5.91 Å². The summed E-state index contributed by atoms with van der Waals surface area (Å²) in [6.07, 6.45) is 1.27. The Morgan fingerprint density at radius 3 is 2.94 bits per heavy atom. The van der Waals surface area contributed by atoms with E-state index in [0.717, 1.165) is 25.1 Å². The van der Waals surface area contributed by atoms with Gasteiger partial charge in [0, 0.05) is 20.1 Å². The van der Waals surface area contributed by atoms with Gasteiger partial charge in [-0.1, -0.05) is 0 Å². The van der Waals surface area contributed by atoms with E-state index in [1.165, 1.54) is 0 Å². The van der Waals surface area contributed by atoms with Gasteiger partial charge in [0.15, 0.2) is 0 Å². The van der Waals surface area contributed by atoms with Crippen LogP contribution in [-0.2, 0) is 7.05 Å². The molecule has 0 radical (unpaired) electrons. The molecule has 1 amide bonds. The van der Waals surface area contributed by atoms with Crippen LogP contribution < -0.4 is 0 Å². The second-order valence-corrected chi connectivity index (χ2v) is 4.34. The number of piperidine rings is 1. The molecule has 1 aromatic heterocycles. The fraction of sp³-hybridized carbons (Fsp3) is 0.636. The normalized spacial score (nSPS) is 21.2. The number of nitrogens with zero attached hydrogens (tertiary/aromatic N) is 3. The van der Waals surface area contributed by atoms with Gasteiger partial charge in [-0.3, -0.25) is 9.48 Å². The number of aliphatic hydroxyl groups excluding tert-OH is 1. The van der Waals surface area contributed by atoms with Crippen molar-refractivity contribution < 1.29 is 9.90 Å². The highest BCUT2D eigenvalue weighted by Crippen LogP contribution is 2.14. The first-order valence-corrected chi connectivity index (χ1v) is 5.56. The Morgan fingerprint density at radius 2 is 2.38 bits per heavy atom. The molecule has 5 heteroatoms. The minimum atomic E-state index is -0.382. The fourth-order valence-corrected chi connectivity index (χ4v) is 2.11. The van der Waals surface area contributed by atoms with Gasteiger partial charge < -0.3 is 10.0 Å². The van der Waals surface area contributed by atoms with Gasteiger partial charge in [0.2, 0.25) is 0 Å². The molecule has 1 atom stereocenters. The van der Waals surface area contributed by atoms with Crippen LogP contribution in [0.3, 0.4) is 0 Å². The van der Waals surface area contributed by atoms with Gasteiger partial charge >= 0.3 is 0 Å². The largest absolute Gasteiger partial charge is 0.391 e. The Balaban J connectivity index is 2.15. The molecule has 1 aliphatic heterocycles. The van der Waals surface area contributed by atoms with Crippen molar-refractivity contribution in [2.45, 2.75) is 25.9 Å². The van der Waals surface area contributed by atoms with E-state index in [0.29, 0.717) is 12.2 Å². The lowest BCUT2D eigenvalue weighted by Gasteiger charge is -2.29. The lowest BCUT2D eigenvalue weighted by atomic mass is 10.1. The smallest absolute Gasteiger partial charge is 0.272 e. The number of aryl methyl sites for hydroxylation is 2. The lowest BCUT2D eigenvalue weighted by molar-refractivity contribution is 0.0465. The summed E-state index contributed by atoms with van der Waals surface area (Å²) in [5, 5.41) is 13.7. The Morgan fingerprint density at radius 1 is 1.62 bits per heavy atom. The van der Waals surface area contributed by atoms with Crippen molar-refractivity contribution in [1.29, 1.82) is 0 Å². The maximum absolute atomic E-state index is 12.1. The fourth-order valence-electron chi connectivity index (χ4n) is 2.11. The molecule has 0 spiro atoms. The molecule has 0 unspecified atom stereocenters. The van der Waals surface area contributed by atoms with Crippen LogP contribution in [0.1, 0.15) is 29.0 Å². The van der Waals surface area contributed by atoms with Crippen molar-refractivity contribution in [1.82, 2.24) is 14.7 Å². The van der Waals surface area contributed by atoms with E-state index < -0.39 is 0 Å². The van der Waals surface area contributed by atoms with Crippen molar-refractivity contribution in [3.05, 3.63) is 17.5 Å². The third kappa shape index (κ3) is 2.09. The van der Waals surface area contributed by atoms with Crippen LogP contribution in [0.5, 0.6) is 0 Å². The highest BCUT2D eigenvalue weighted by molar-refractivity contribution is 5.92. The van der Waals surface area contributed by atoms with Crippen molar-refractivity contribution in [3.8, 4) is 0 Å². The molecule has 0 aromatic carbocycles. The predicted molar refractivity (Wildman–Crippen MR) is 59.1 cm³/mol. The van der Waals surface area contributed by atoms with E-state index in [-0.39, 0.29) is 12.0 Å². The Kier molecular flexibility index (Phi) is 2.96. The zero-order chi connectivity index (χ0) is 11.7. The molecule has 2 rings (SSSR count). The zero-order valence-electron chi connectivity index (χ0n) is 9.68. The molecular formula is C11H17N3O2. The summed E-state index contributed by atoms with van der Waals surface area (Å²) in [4.78, 5) is 13.8. The first kappa shape index (κ1) is 11.1. The second-order valence-electron chi connectivity index (χ2n) is 4.34. The van der Waals surface area contributed by atoms with E-state index in [2.05, 4.69) is 5.10 Å². The topological polar surface area (TPSA) is 58.4 Å². The van der Waals surface area contributed by atoms with Crippen LogP contribution in [-0.4, -0.2) is 44.9 Å². The van der Waals surface area contributed by atoms with Crippen LogP contribution >= 0.6 is 0 Å². The molecule has 0 saturated carbocycles. The number of hydrogen-bond acceptors (Lipinski definition) is 3. The highest BCUT2D eigenvalue weighted by atomic mass is 16.3. The molecule has 1 aromatic rings. The summed E-state index contributed by atoms with van der Waals surface area (Å²) in [6.45, 7) is 3.02. The van der Waals surface area contributed by atoms with E-state index in [9.17, 15) is 9.90 Å². The van der Waals surface area contributed by atoms with Crippen molar-refractivity contribution in [2.75, 3.05) is 13.1 Å². The summed E-state index contributed by atoms with van der Waals surface area (Å²) in [6, 6.07) is 1.78. The summed E-state index contributed by atoms with van der Waals surface area (Å²) in [5.74, 6) is -0.0400. The van der Waals surface area contributed by atoms with E-state index in [4.69, 9.17) is 0 Å². The Bertz CT molecular complexity index is 400. The number of likely N-dealkylation sites (tertiary alicyclic amines) is 1. The SMILES string of the molecule is Cc1cc(C(=O)N2CCC[C@H](O)C2)n(C)n1. The second kappa shape index (κ2) is 4.25. The highest BCUT2D eigenvalue weighted by Gasteiger charge is 2.24. The van der Waals surface area contributed by atoms with E-state index in [1.54, 1.807) is 22.7 Å². The minimum Gasteiger partial charge on any atom is -0.391 e. The number of rotatable bonds is 1. The number of amides is 1. The molecule has 1 aliphatic rings. The number of hydrogen-bond donors (Lipinski definition) is 1. The predicted octanol–water partition coefficient (Wildman–Crippen LogP) is 0.325. The number of aliphatic hydroxyl groups is 1. The monoisotopic (exact) mass is 223 g/mol. The molecule has 0 aliphatic carbocycles. The molecule has 1 fully saturated rings. The third-order valence-electron chi connectivity index (χ3n) is 2.90. The zero-order valence-corrected chi connectivity index (χ0v) is 9.68. The quantitative estimate of drug-likeness (QED) is 0.746. The molecule has 1 saturated heterocycles. The molecule has 5 nitrogen and oxygen atoms in total. The van der Waals surface area contributed by atoms with Crippen molar-refractivity contribution in [3.63, 3.8) is 0 Å². The summed E-state index contributed by atoms with van der Waals surface area (Å²) in [7, 11) is 1.76. The van der Waals surface area contributed by atoms with Gasteiger partial charge in [0.1, 0.15) is 5.69 Å².